The average Bonchev–Trinajstić information content (AvgIpc) is 2.96. The topological polar surface area (TPSA) is 93.4 Å². The second-order valence-corrected chi connectivity index (χ2v) is 6.64. The number of sulfone groups is 1. The molecular formula is C14H12N4O3S. The lowest BCUT2D eigenvalue weighted by Crippen LogP contribution is -2.18. The highest BCUT2D eigenvalue weighted by molar-refractivity contribution is 7.90. The average molecular weight is 316 g/mol. The zero-order valence-corrected chi connectivity index (χ0v) is 12.4. The third-order valence-electron chi connectivity index (χ3n) is 3.06. The van der Waals surface area contributed by atoms with Crippen molar-refractivity contribution >= 4 is 27.2 Å². The Balaban J connectivity index is 2.01. The predicted octanol–water partition coefficient (Wildman–Crippen LogP) is 1.39. The first kappa shape index (κ1) is 14.2. The van der Waals surface area contributed by atoms with Gasteiger partial charge in [0.15, 0.2) is 15.5 Å². The standard InChI is InChI=1S/C14H12N4O3S/c1-22(20,21)11-5-3-2-4-10(11)14(19)17-13-6-8-15-12-7-9-16-18(12)13/h2-9H,1H3,(H,17,19). The van der Waals surface area contributed by atoms with E-state index in [1.165, 1.54) is 22.8 Å². The number of benzene rings is 1. The minimum absolute atomic E-state index is 0.0155. The van der Waals surface area contributed by atoms with Crippen molar-refractivity contribution in [3.05, 3.63) is 54.4 Å². The molecule has 3 aromatic rings. The van der Waals surface area contributed by atoms with Crippen LogP contribution in [0.1, 0.15) is 10.4 Å². The van der Waals surface area contributed by atoms with Crippen LogP contribution < -0.4 is 5.32 Å². The molecule has 1 amide bonds. The minimum atomic E-state index is -3.50. The molecule has 3 rings (SSSR count). The molecule has 0 fully saturated rings. The van der Waals surface area contributed by atoms with Crippen LogP contribution in [-0.2, 0) is 9.84 Å². The predicted molar refractivity (Wildman–Crippen MR) is 80.5 cm³/mol. The Hall–Kier alpha value is -2.74. The number of rotatable bonds is 3. The highest BCUT2D eigenvalue weighted by Crippen LogP contribution is 2.17. The van der Waals surface area contributed by atoms with Gasteiger partial charge in [0.25, 0.3) is 5.91 Å². The summed E-state index contributed by atoms with van der Waals surface area (Å²) in [6.07, 6.45) is 4.16. The summed E-state index contributed by atoms with van der Waals surface area (Å²) in [5.41, 5.74) is 0.663. The van der Waals surface area contributed by atoms with Gasteiger partial charge in [-0.15, -0.1) is 0 Å². The van der Waals surface area contributed by atoms with E-state index in [0.29, 0.717) is 11.5 Å². The number of nitrogens with one attached hydrogen (secondary N) is 1. The smallest absolute Gasteiger partial charge is 0.258 e. The van der Waals surface area contributed by atoms with Gasteiger partial charge in [-0.1, -0.05) is 12.1 Å². The Morgan fingerprint density at radius 1 is 1.14 bits per heavy atom. The van der Waals surface area contributed by atoms with Crippen molar-refractivity contribution in [1.29, 1.82) is 0 Å². The highest BCUT2D eigenvalue weighted by Gasteiger charge is 2.18. The molecule has 0 atom stereocenters. The van der Waals surface area contributed by atoms with Crippen molar-refractivity contribution < 1.29 is 13.2 Å². The zero-order valence-electron chi connectivity index (χ0n) is 11.6. The van der Waals surface area contributed by atoms with Gasteiger partial charge in [-0.2, -0.15) is 9.61 Å². The number of carbonyl (C=O) groups excluding carboxylic acids is 1. The zero-order chi connectivity index (χ0) is 15.7. The molecular weight excluding hydrogens is 304 g/mol. The normalized spacial score (nSPS) is 11.5. The van der Waals surface area contributed by atoms with Crippen molar-refractivity contribution in [2.24, 2.45) is 0 Å². The fraction of sp³-hybridized carbons (Fsp3) is 0.0714. The summed E-state index contributed by atoms with van der Waals surface area (Å²) in [6.45, 7) is 0. The van der Waals surface area contributed by atoms with Gasteiger partial charge in [0.2, 0.25) is 0 Å². The van der Waals surface area contributed by atoms with Crippen molar-refractivity contribution in [3.8, 4) is 0 Å². The number of anilines is 1. The van der Waals surface area contributed by atoms with E-state index >= 15 is 0 Å². The number of hydrogen-bond donors (Lipinski definition) is 1. The van der Waals surface area contributed by atoms with Crippen LogP contribution in [0, 0.1) is 0 Å². The van der Waals surface area contributed by atoms with Crippen molar-refractivity contribution in [2.45, 2.75) is 4.90 Å². The Morgan fingerprint density at radius 3 is 2.68 bits per heavy atom. The molecule has 112 valence electrons. The van der Waals surface area contributed by atoms with Crippen LogP contribution in [0.15, 0.2) is 53.7 Å². The number of nitrogens with zero attached hydrogens (tertiary/aromatic N) is 3. The van der Waals surface area contributed by atoms with Crippen LogP contribution in [0.2, 0.25) is 0 Å². The minimum Gasteiger partial charge on any atom is -0.306 e. The van der Waals surface area contributed by atoms with E-state index in [1.54, 1.807) is 30.5 Å². The summed E-state index contributed by atoms with van der Waals surface area (Å²) in [5.74, 6) is -0.118. The second kappa shape index (κ2) is 5.23. The fourth-order valence-corrected chi connectivity index (χ4v) is 2.98. The van der Waals surface area contributed by atoms with E-state index in [-0.39, 0.29) is 10.5 Å². The van der Waals surface area contributed by atoms with Gasteiger partial charge in [0.05, 0.1) is 16.7 Å². The maximum absolute atomic E-state index is 12.4. The molecule has 1 N–H and O–H groups in total. The first-order valence-electron chi connectivity index (χ1n) is 6.36. The molecule has 0 aliphatic rings. The van der Waals surface area contributed by atoms with Gasteiger partial charge in [0.1, 0.15) is 5.82 Å². The molecule has 0 unspecified atom stereocenters. The van der Waals surface area contributed by atoms with E-state index in [1.807, 2.05) is 0 Å². The molecule has 0 saturated carbocycles. The number of fused-ring (bicyclic) bond motifs is 1. The highest BCUT2D eigenvalue weighted by atomic mass is 32.2. The number of hydrogen-bond acceptors (Lipinski definition) is 5. The summed E-state index contributed by atoms with van der Waals surface area (Å²) in [4.78, 5) is 16.5. The van der Waals surface area contributed by atoms with Crippen LogP contribution >= 0.6 is 0 Å². The van der Waals surface area contributed by atoms with Gasteiger partial charge in [-0.25, -0.2) is 13.4 Å². The SMILES string of the molecule is CS(=O)(=O)c1ccccc1C(=O)Nc1ccnc2ccnn12. The van der Waals surface area contributed by atoms with Crippen molar-refractivity contribution in [1.82, 2.24) is 14.6 Å². The van der Waals surface area contributed by atoms with Gasteiger partial charge >= 0.3 is 0 Å². The lowest BCUT2D eigenvalue weighted by molar-refractivity contribution is 0.102. The summed E-state index contributed by atoms with van der Waals surface area (Å²) < 4.78 is 25.0. The molecule has 0 aliphatic carbocycles. The monoisotopic (exact) mass is 316 g/mol. The molecule has 2 heterocycles. The second-order valence-electron chi connectivity index (χ2n) is 4.65. The van der Waals surface area contributed by atoms with Crippen LogP contribution in [0.25, 0.3) is 5.65 Å². The van der Waals surface area contributed by atoms with E-state index in [2.05, 4.69) is 15.4 Å². The molecule has 8 heteroatoms. The van der Waals surface area contributed by atoms with Gasteiger partial charge in [0, 0.05) is 18.5 Å². The molecule has 22 heavy (non-hydrogen) atoms. The molecule has 0 aliphatic heterocycles. The number of aromatic nitrogens is 3. The third kappa shape index (κ3) is 2.56. The first-order chi connectivity index (χ1) is 10.5. The Morgan fingerprint density at radius 2 is 1.91 bits per heavy atom. The Bertz CT molecular complexity index is 963. The first-order valence-corrected chi connectivity index (χ1v) is 8.25. The molecule has 0 spiro atoms. The van der Waals surface area contributed by atoms with Crippen molar-refractivity contribution in [3.63, 3.8) is 0 Å². The fourth-order valence-electron chi connectivity index (χ4n) is 2.09. The quantitative estimate of drug-likeness (QED) is 0.788. The Kier molecular flexibility index (Phi) is 3.38. The van der Waals surface area contributed by atoms with Crippen molar-refractivity contribution in [2.75, 3.05) is 11.6 Å². The lowest BCUT2D eigenvalue weighted by Gasteiger charge is -2.09. The van der Waals surface area contributed by atoms with Gasteiger partial charge in [-0.05, 0) is 18.2 Å². The molecule has 0 saturated heterocycles. The summed E-state index contributed by atoms with van der Waals surface area (Å²) in [7, 11) is -3.50. The van der Waals surface area contributed by atoms with E-state index in [9.17, 15) is 13.2 Å². The van der Waals surface area contributed by atoms with Crippen LogP contribution in [0.3, 0.4) is 0 Å². The number of amides is 1. The maximum atomic E-state index is 12.4. The van der Waals surface area contributed by atoms with Crippen LogP contribution in [-0.4, -0.2) is 35.2 Å². The molecule has 2 aromatic heterocycles. The molecule has 1 aromatic carbocycles. The van der Waals surface area contributed by atoms with E-state index in [0.717, 1.165) is 6.26 Å². The number of carbonyl (C=O) groups is 1. The molecule has 0 bridgehead atoms. The van der Waals surface area contributed by atoms with Crippen LogP contribution in [0.5, 0.6) is 0 Å². The van der Waals surface area contributed by atoms with Gasteiger partial charge in [-0.3, -0.25) is 4.79 Å². The van der Waals surface area contributed by atoms with Crippen LogP contribution in [0.4, 0.5) is 5.82 Å². The van der Waals surface area contributed by atoms with E-state index < -0.39 is 15.7 Å². The molecule has 0 radical (unpaired) electrons. The van der Waals surface area contributed by atoms with E-state index in [4.69, 9.17) is 0 Å². The van der Waals surface area contributed by atoms with Gasteiger partial charge < -0.3 is 5.32 Å². The Labute approximate surface area is 126 Å². The third-order valence-corrected chi connectivity index (χ3v) is 4.22. The lowest BCUT2D eigenvalue weighted by atomic mass is 10.2. The summed E-state index contributed by atoms with van der Waals surface area (Å²) in [6, 6.07) is 9.33. The maximum Gasteiger partial charge on any atom is 0.258 e. The largest absolute Gasteiger partial charge is 0.306 e. The molecule has 7 nitrogen and oxygen atoms in total. The summed E-state index contributed by atoms with van der Waals surface area (Å²) in [5, 5.41) is 6.71. The summed E-state index contributed by atoms with van der Waals surface area (Å²) >= 11 is 0.